The summed E-state index contributed by atoms with van der Waals surface area (Å²) in [6.45, 7) is 3.99. The quantitative estimate of drug-likeness (QED) is 0.622. The molecule has 0 unspecified atom stereocenters. The van der Waals surface area contributed by atoms with Gasteiger partial charge in [0.25, 0.3) is 0 Å². The van der Waals surface area contributed by atoms with Crippen molar-refractivity contribution in [3.63, 3.8) is 0 Å². The van der Waals surface area contributed by atoms with E-state index in [1.807, 2.05) is 19.9 Å². The van der Waals surface area contributed by atoms with Gasteiger partial charge in [0, 0.05) is 15.5 Å². The maximum absolute atomic E-state index is 12.4. The summed E-state index contributed by atoms with van der Waals surface area (Å²) in [6, 6.07) is 9.08. The summed E-state index contributed by atoms with van der Waals surface area (Å²) in [5.41, 5.74) is 2.17. The monoisotopic (exact) mass is 256 g/mol. The fourth-order valence-corrected chi connectivity index (χ4v) is 3.45. The van der Waals surface area contributed by atoms with Gasteiger partial charge in [-0.25, -0.2) is 0 Å². The number of hydrogen-bond acceptors (Lipinski definition) is 3. The zero-order valence-corrected chi connectivity index (χ0v) is 11.0. The van der Waals surface area contributed by atoms with Crippen molar-refractivity contribution < 1.29 is 5.11 Å². The van der Waals surface area contributed by atoms with Gasteiger partial charge in [-0.15, -0.1) is 11.3 Å². The Balaban J connectivity index is 2.66. The van der Waals surface area contributed by atoms with Crippen LogP contribution in [0.2, 0.25) is 0 Å². The van der Waals surface area contributed by atoms with Crippen LogP contribution in [0.3, 0.4) is 0 Å². The van der Waals surface area contributed by atoms with Crippen molar-refractivity contribution in [3.05, 3.63) is 51.7 Å². The molecule has 0 aliphatic rings. The zero-order chi connectivity index (χ0) is 12.9. The highest BCUT2D eigenvalue weighted by Gasteiger charge is 2.10. The summed E-state index contributed by atoms with van der Waals surface area (Å²) in [5, 5.41) is 11.2. The summed E-state index contributed by atoms with van der Waals surface area (Å²) >= 11 is 1.48. The van der Waals surface area contributed by atoms with E-state index in [1.165, 1.54) is 11.3 Å². The van der Waals surface area contributed by atoms with Gasteiger partial charge in [0.1, 0.15) is 5.75 Å². The van der Waals surface area contributed by atoms with Gasteiger partial charge in [0.05, 0.1) is 4.70 Å². The van der Waals surface area contributed by atoms with Gasteiger partial charge >= 0.3 is 0 Å². The third kappa shape index (κ3) is 1.51. The molecule has 0 spiro atoms. The molecule has 3 aromatic rings. The Hall–Kier alpha value is -1.87. The summed E-state index contributed by atoms with van der Waals surface area (Å²) in [7, 11) is 0. The molecule has 0 aliphatic carbocycles. The van der Waals surface area contributed by atoms with Gasteiger partial charge in [0.15, 0.2) is 5.43 Å². The van der Waals surface area contributed by atoms with E-state index in [2.05, 4.69) is 6.07 Å². The number of benzene rings is 2. The van der Waals surface area contributed by atoms with E-state index in [1.54, 1.807) is 18.2 Å². The molecule has 1 N–H and O–H groups in total. The molecule has 2 nitrogen and oxygen atoms in total. The molecule has 0 radical (unpaired) electrons. The number of hydrogen-bond donors (Lipinski definition) is 1. The highest BCUT2D eigenvalue weighted by atomic mass is 32.1. The van der Waals surface area contributed by atoms with Crippen LogP contribution in [-0.2, 0) is 0 Å². The number of rotatable bonds is 0. The minimum Gasteiger partial charge on any atom is -0.506 e. The van der Waals surface area contributed by atoms with Crippen LogP contribution < -0.4 is 5.43 Å². The first-order valence-corrected chi connectivity index (χ1v) is 6.55. The minimum absolute atomic E-state index is 0.00134. The van der Waals surface area contributed by atoms with Gasteiger partial charge in [-0.05, 0) is 37.6 Å². The lowest BCUT2D eigenvalue weighted by Crippen LogP contribution is -2.02. The second-order valence-corrected chi connectivity index (χ2v) is 5.56. The number of phenolic OH excluding ortho intramolecular Hbond substituents is 1. The Kier molecular flexibility index (Phi) is 2.38. The standard InChI is InChI=1S/C15H12O2S/c1-8-6-9(2)14-11(7-8)13(17)10-4-3-5-12(16)15(10)18-14/h3-7,16H,1-2H3. The number of fused-ring (bicyclic) bond motifs is 2. The minimum atomic E-state index is 0.00134. The number of phenols is 1. The SMILES string of the molecule is Cc1cc(C)c2sc3c(O)cccc3c(=O)c2c1. The Morgan fingerprint density at radius 2 is 1.83 bits per heavy atom. The predicted octanol–water partition coefficient (Wildman–Crippen LogP) is 3.74. The van der Waals surface area contributed by atoms with Crippen molar-refractivity contribution in [3.8, 4) is 5.75 Å². The molecule has 3 heteroatoms. The van der Waals surface area contributed by atoms with Crippen molar-refractivity contribution >= 4 is 31.5 Å². The molecule has 0 aliphatic heterocycles. The summed E-state index contributed by atoms with van der Waals surface area (Å²) in [6.07, 6.45) is 0. The second-order valence-electron chi connectivity index (χ2n) is 4.54. The molecular weight excluding hydrogens is 244 g/mol. The molecule has 0 saturated heterocycles. The van der Waals surface area contributed by atoms with Crippen molar-refractivity contribution in [2.24, 2.45) is 0 Å². The molecule has 0 amide bonds. The zero-order valence-electron chi connectivity index (χ0n) is 10.2. The largest absolute Gasteiger partial charge is 0.506 e. The lowest BCUT2D eigenvalue weighted by atomic mass is 10.1. The molecule has 90 valence electrons. The molecule has 3 rings (SSSR count). The van der Waals surface area contributed by atoms with Crippen molar-refractivity contribution in [1.82, 2.24) is 0 Å². The van der Waals surface area contributed by atoms with Crippen LogP contribution in [0.25, 0.3) is 20.2 Å². The van der Waals surface area contributed by atoms with Gasteiger partial charge in [-0.2, -0.15) is 0 Å². The molecule has 18 heavy (non-hydrogen) atoms. The van der Waals surface area contributed by atoms with Gasteiger partial charge in [0.2, 0.25) is 0 Å². The normalized spacial score (nSPS) is 11.2. The van der Waals surface area contributed by atoms with E-state index >= 15 is 0 Å². The predicted molar refractivity (Wildman–Crippen MR) is 76.7 cm³/mol. The van der Waals surface area contributed by atoms with E-state index in [4.69, 9.17) is 0 Å². The number of aryl methyl sites for hydroxylation is 2. The highest BCUT2D eigenvalue weighted by molar-refractivity contribution is 7.25. The first kappa shape index (κ1) is 11.2. The smallest absolute Gasteiger partial charge is 0.196 e. The average Bonchev–Trinajstić information content (AvgIpc) is 2.32. The van der Waals surface area contributed by atoms with Crippen LogP contribution >= 0.6 is 11.3 Å². The van der Waals surface area contributed by atoms with Crippen LogP contribution in [0.15, 0.2) is 35.1 Å². The van der Waals surface area contributed by atoms with Crippen LogP contribution in [0.4, 0.5) is 0 Å². The van der Waals surface area contributed by atoms with Crippen LogP contribution in [0, 0.1) is 13.8 Å². The molecule has 0 saturated carbocycles. The van der Waals surface area contributed by atoms with Crippen LogP contribution in [0.1, 0.15) is 11.1 Å². The Morgan fingerprint density at radius 3 is 2.61 bits per heavy atom. The third-order valence-corrected chi connectivity index (χ3v) is 4.49. The maximum atomic E-state index is 12.4. The Morgan fingerprint density at radius 1 is 1.06 bits per heavy atom. The van der Waals surface area contributed by atoms with E-state index in [0.29, 0.717) is 10.1 Å². The molecule has 0 bridgehead atoms. The first-order valence-electron chi connectivity index (χ1n) is 5.73. The van der Waals surface area contributed by atoms with Crippen LogP contribution in [-0.4, -0.2) is 5.11 Å². The van der Waals surface area contributed by atoms with E-state index in [9.17, 15) is 9.90 Å². The molecule has 1 heterocycles. The summed E-state index contributed by atoms with van der Waals surface area (Å²) in [5.74, 6) is 0.177. The van der Waals surface area contributed by atoms with Gasteiger partial charge in [-0.3, -0.25) is 4.79 Å². The highest BCUT2D eigenvalue weighted by Crippen LogP contribution is 2.32. The molecular formula is C15H12O2S. The molecule has 0 atom stereocenters. The fourth-order valence-electron chi connectivity index (χ4n) is 2.32. The molecule has 1 aromatic heterocycles. The Labute approximate surface area is 108 Å². The average molecular weight is 256 g/mol. The van der Waals surface area contributed by atoms with E-state index in [0.717, 1.165) is 21.2 Å². The lowest BCUT2D eigenvalue weighted by Gasteiger charge is -2.06. The van der Waals surface area contributed by atoms with Crippen LogP contribution in [0.5, 0.6) is 5.75 Å². The van der Waals surface area contributed by atoms with Gasteiger partial charge < -0.3 is 5.11 Å². The topological polar surface area (TPSA) is 37.3 Å². The van der Waals surface area contributed by atoms with E-state index < -0.39 is 0 Å². The number of aromatic hydroxyl groups is 1. The van der Waals surface area contributed by atoms with Crippen molar-refractivity contribution in [2.45, 2.75) is 13.8 Å². The van der Waals surface area contributed by atoms with E-state index in [-0.39, 0.29) is 11.2 Å². The summed E-state index contributed by atoms with van der Waals surface area (Å²) in [4.78, 5) is 12.4. The third-order valence-electron chi connectivity index (χ3n) is 3.11. The Bertz CT molecular complexity index is 831. The molecule has 2 aromatic carbocycles. The molecule has 0 fully saturated rings. The van der Waals surface area contributed by atoms with Gasteiger partial charge in [-0.1, -0.05) is 17.7 Å². The van der Waals surface area contributed by atoms with Crippen molar-refractivity contribution in [1.29, 1.82) is 0 Å². The summed E-state index contributed by atoms with van der Waals surface area (Å²) < 4.78 is 1.63. The fraction of sp³-hybridized carbons (Fsp3) is 0.133. The second kappa shape index (κ2) is 3.82. The maximum Gasteiger partial charge on any atom is 0.196 e. The van der Waals surface area contributed by atoms with Crippen molar-refractivity contribution in [2.75, 3.05) is 0 Å². The first-order chi connectivity index (χ1) is 8.58. The lowest BCUT2D eigenvalue weighted by molar-refractivity contribution is 0.482.